The number of hydrogen-bond acceptors (Lipinski definition) is 3. The molecule has 1 atom stereocenters. The van der Waals surface area contributed by atoms with Gasteiger partial charge in [0.05, 0.1) is 19.3 Å². The van der Waals surface area contributed by atoms with Crippen LogP contribution in [0, 0.1) is 0 Å². The zero-order valence-corrected chi connectivity index (χ0v) is 13.6. The molecule has 122 valence electrons. The van der Waals surface area contributed by atoms with Crippen molar-refractivity contribution >= 4 is 6.03 Å². The van der Waals surface area contributed by atoms with Crippen molar-refractivity contribution in [3.05, 3.63) is 35.4 Å². The Hall–Kier alpha value is -1.59. The van der Waals surface area contributed by atoms with E-state index in [2.05, 4.69) is 26.1 Å². The number of nitrogens with one attached hydrogen (secondary N) is 1. The molecular weight excluding hydrogens is 280 g/mol. The van der Waals surface area contributed by atoms with Crippen molar-refractivity contribution in [3.63, 3.8) is 0 Å². The fourth-order valence-corrected chi connectivity index (χ4v) is 2.39. The summed E-state index contributed by atoms with van der Waals surface area (Å²) in [5.41, 5.74) is 2.13. The van der Waals surface area contributed by atoms with E-state index in [4.69, 9.17) is 4.74 Å². The Labute approximate surface area is 132 Å². The molecule has 5 nitrogen and oxygen atoms in total. The molecule has 1 saturated heterocycles. The second kappa shape index (κ2) is 7.11. The van der Waals surface area contributed by atoms with E-state index < -0.39 is 6.10 Å². The fraction of sp³-hybridized carbons (Fsp3) is 0.588. The summed E-state index contributed by atoms with van der Waals surface area (Å²) in [6.45, 7) is 9.02. The van der Waals surface area contributed by atoms with E-state index in [1.165, 1.54) is 5.56 Å². The molecule has 1 unspecified atom stereocenters. The van der Waals surface area contributed by atoms with Crippen molar-refractivity contribution < 1.29 is 14.6 Å². The molecule has 0 aromatic heterocycles. The Morgan fingerprint density at radius 2 is 1.86 bits per heavy atom. The number of aliphatic hydroxyl groups excluding tert-OH is 1. The highest BCUT2D eigenvalue weighted by molar-refractivity contribution is 5.74. The monoisotopic (exact) mass is 306 g/mol. The van der Waals surface area contributed by atoms with Crippen LogP contribution in [-0.4, -0.2) is 48.9 Å². The first kappa shape index (κ1) is 16.8. The van der Waals surface area contributed by atoms with Gasteiger partial charge in [-0.2, -0.15) is 0 Å². The van der Waals surface area contributed by atoms with Crippen LogP contribution in [0.2, 0.25) is 0 Å². The third-order valence-electron chi connectivity index (χ3n) is 3.91. The van der Waals surface area contributed by atoms with Gasteiger partial charge in [-0.3, -0.25) is 0 Å². The van der Waals surface area contributed by atoms with Gasteiger partial charge in [0.2, 0.25) is 0 Å². The maximum Gasteiger partial charge on any atom is 0.317 e. The summed E-state index contributed by atoms with van der Waals surface area (Å²) >= 11 is 0. The molecule has 0 bridgehead atoms. The SMILES string of the molecule is CC(C)(C)c1ccc(C(O)CNC(=O)N2CCOCC2)cc1. The Balaban J connectivity index is 1.86. The second-order valence-electron chi connectivity index (χ2n) is 6.67. The minimum absolute atomic E-state index is 0.0913. The number of nitrogens with zero attached hydrogens (tertiary/aromatic N) is 1. The van der Waals surface area contributed by atoms with Crippen LogP contribution in [0.3, 0.4) is 0 Å². The molecule has 0 spiro atoms. The van der Waals surface area contributed by atoms with Crippen molar-refractivity contribution in [3.8, 4) is 0 Å². The molecule has 1 aromatic rings. The second-order valence-corrected chi connectivity index (χ2v) is 6.67. The van der Waals surface area contributed by atoms with Gasteiger partial charge in [0, 0.05) is 19.6 Å². The highest BCUT2D eigenvalue weighted by atomic mass is 16.5. The van der Waals surface area contributed by atoms with E-state index in [9.17, 15) is 9.90 Å². The van der Waals surface area contributed by atoms with Gasteiger partial charge in [-0.15, -0.1) is 0 Å². The Morgan fingerprint density at radius 1 is 1.27 bits per heavy atom. The van der Waals surface area contributed by atoms with Crippen molar-refractivity contribution in [2.45, 2.75) is 32.3 Å². The molecular formula is C17H26N2O3. The molecule has 22 heavy (non-hydrogen) atoms. The quantitative estimate of drug-likeness (QED) is 0.898. The summed E-state index contributed by atoms with van der Waals surface area (Å²) in [4.78, 5) is 13.7. The predicted molar refractivity (Wildman–Crippen MR) is 85.9 cm³/mol. The highest BCUT2D eigenvalue weighted by Crippen LogP contribution is 2.23. The van der Waals surface area contributed by atoms with Crippen molar-refractivity contribution in [2.24, 2.45) is 0 Å². The Morgan fingerprint density at radius 3 is 2.41 bits per heavy atom. The van der Waals surface area contributed by atoms with Crippen LogP contribution in [0.5, 0.6) is 0 Å². The van der Waals surface area contributed by atoms with Crippen molar-refractivity contribution in [1.82, 2.24) is 10.2 Å². The van der Waals surface area contributed by atoms with Gasteiger partial charge in [-0.1, -0.05) is 45.0 Å². The van der Waals surface area contributed by atoms with Crippen molar-refractivity contribution in [2.75, 3.05) is 32.8 Å². The number of carbonyl (C=O) groups excluding carboxylic acids is 1. The van der Waals surface area contributed by atoms with E-state index in [-0.39, 0.29) is 18.0 Å². The maximum absolute atomic E-state index is 12.0. The van der Waals surface area contributed by atoms with Gasteiger partial charge in [-0.25, -0.2) is 4.79 Å². The van der Waals surface area contributed by atoms with Crippen LogP contribution < -0.4 is 5.32 Å². The molecule has 0 radical (unpaired) electrons. The van der Waals surface area contributed by atoms with Crippen molar-refractivity contribution in [1.29, 1.82) is 0 Å². The minimum Gasteiger partial charge on any atom is -0.387 e. The van der Waals surface area contributed by atoms with Gasteiger partial charge in [0.15, 0.2) is 0 Å². The normalized spacial score (nSPS) is 17.2. The average molecular weight is 306 g/mol. The zero-order chi connectivity index (χ0) is 16.2. The third-order valence-corrected chi connectivity index (χ3v) is 3.91. The van der Waals surface area contributed by atoms with Crippen LogP contribution in [0.25, 0.3) is 0 Å². The van der Waals surface area contributed by atoms with E-state index in [1.807, 2.05) is 24.3 Å². The van der Waals surface area contributed by atoms with Crippen LogP contribution in [0.1, 0.15) is 38.0 Å². The number of ether oxygens (including phenoxy) is 1. The number of amides is 2. The zero-order valence-electron chi connectivity index (χ0n) is 13.6. The lowest BCUT2D eigenvalue weighted by Crippen LogP contribution is -2.47. The standard InChI is InChI=1S/C17H26N2O3/c1-17(2,3)14-6-4-13(5-7-14)15(20)12-18-16(21)19-8-10-22-11-9-19/h4-7,15,20H,8-12H2,1-3H3,(H,18,21). The van der Waals surface area contributed by atoms with Gasteiger partial charge < -0.3 is 20.1 Å². The molecule has 2 N–H and O–H groups in total. The molecule has 1 aliphatic heterocycles. The number of benzene rings is 1. The molecule has 1 heterocycles. The molecule has 0 aliphatic carbocycles. The molecule has 2 amide bonds. The third kappa shape index (κ3) is 4.45. The molecule has 0 saturated carbocycles. The average Bonchev–Trinajstić information content (AvgIpc) is 2.52. The van der Waals surface area contributed by atoms with Gasteiger partial charge in [0.1, 0.15) is 0 Å². The van der Waals surface area contributed by atoms with Crippen LogP contribution >= 0.6 is 0 Å². The lowest BCUT2D eigenvalue weighted by atomic mass is 9.86. The first-order valence-electron chi connectivity index (χ1n) is 7.77. The van der Waals surface area contributed by atoms with Gasteiger partial charge >= 0.3 is 6.03 Å². The number of aliphatic hydroxyl groups is 1. The Kier molecular flexibility index (Phi) is 5.42. The van der Waals surface area contributed by atoms with Crippen LogP contribution in [0.4, 0.5) is 4.79 Å². The lowest BCUT2D eigenvalue weighted by molar-refractivity contribution is 0.0521. The van der Waals surface area contributed by atoms with Crippen LogP contribution in [0.15, 0.2) is 24.3 Å². The predicted octanol–water partition coefficient (Wildman–Crippen LogP) is 2.06. The molecule has 1 aliphatic rings. The smallest absolute Gasteiger partial charge is 0.317 e. The lowest BCUT2D eigenvalue weighted by Gasteiger charge is -2.27. The summed E-state index contributed by atoms with van der Waals surface area (Å²) in [6, 6.07) is 7.76. The fourth-order valence-electron chi connectivity index (χ4n) is 2.39. The summed E-state index contributed by atoms with van der Waals surface area (Å²) in [5.74, 6) is 0. The van der Waals surface area contributed by atoms with Gasteiger partial charge in [0.25, 0.3) is 0 Å². The number of hydrogen-bond donors (Lipinski definition) is 2. The maximum atomic E-state index is 12.0. The number of carbonyl (C=O) groups is 1. The largest absolute Gasteiger partial charge is 0.387 e. The summed E-state index contributed by atoms with van der Waals surface area (Å²) in [7, 11) is 0. The molecule has 1 fully saturated rings. The molecule has 2 rings (SSSR count). The molecule has 5 heteroatoms. The van der Waals surface area contributed by atoms with E-state index in [1.54, 1.807) is 4.90 Å². The Bertz CT molecular complexity index is 488. The number of urea groups is 1. The molecule has 1 aromatic carbocycles. The summed E-state index contributed by atoms with van der Waals surface area (Å²) in [6.07, 6.45) is -0.695. The van der Waals surface area contributed by atoms with E-state index in [0.29, 0.717) is 26.3 Å². The van der Waals surface area contributed by atoms with Gasteiger partial charge in [-0.05, 0) is 16.5 Å². The topological polar surface area (TPSA) is 61.8 Å². The van der Waals surface area contributed by atoms with E-state index in [0.717, 1.165) is 5.56 Å². The first-order chi connectivity index (χ1) is 10.4. The minimum atomic E-state index is -0.695. The van der Waals surface area contributed by atoms with Crippen LogP contribution in [-0.2, 0) is 10.2 Å². The first-order valence-corrected chi connectivity index (χ1v) is 7.77. The highest BCUT2D eigenvalue weighted by Gasteiger charge is 2.18. The summed E-state index contributed by atoms with van der Waals surface area (Å²) in [5, 5.41) is 13.0. The number of rotatable bonds is 3. The van der Waals surface area contributed by atoms with E-state index >= 15 is 0 Å². The number of morpholine rings is 1. The summed E-state index contributed by atoms with van der Waals surface area (Å²) < 4.78 is 5.21.